The van der Waals surface area contributed by atoms with Crippen molar-refractivity contribution in [3.63, 3.8) is 0 Å². The van der Waals surface area contributed by atoms with Crippen LogP contribution >= 0.6 is 23.2 Å². The molecule has 0 fully saturated rings. The topological polar surface area (TPSA) is 42.2 Å². The molecule has 106 valence electrons. The first kappa shape index (κ1) is 14.0. The van der Waals surface area contributed by atoms with Crippen molar-refractivity contribution >= 4 is 40.1 Å². The van der Waals surface area contributed by atoms with E-state index in [-0.39, 0.29) is 5.56 Å². The van der Waals surface area contributed by atoms with Gasteiger partial charge >= 0.3 is 5.97 Å². The van der Waals surface area contributed by atoms with E-state index in [1.807, 2.05) is 29.0 Å². The molecular formula is C16H11Cl2NO2. The number of hydrogen-bond donors (Lipinski definition) is 1. The number of aromatic carboxylic acids is 1. The molecule has 21 heavy (non-hydrogen) atoms. The molecule has 5 heteroatoms. The summed E-state index contributed by atoms with van der Waals surface area (Å²) in [4.78, 5) is 11.4. The summed E-state index contributed by atoms with van der Waals surface area (Å²) in [5, 5.41) is 11.4. The maximum Gasteiger partial charge on any atom is 0.337 e. The van der Waals surface area contributed by atoms with E-state index in [0.29, 0.717) is 22.1 Å². The molecule has 3 rings (SSSR count). The number of benzene rings is 2. The third-order valence-corrected chi connectivity index (χ3v) is 3.96. The fourth-order valence-corrected chi connectivity index (χ4v) is 2.87. The third-order valence-electron chi connectivity index (χ3n) is 3.37. The minimum absolute atomic E-state index is 0.280. The highest BCUT2D eigenvalue weighted by Crippen LogP contribution is 2.25. The number of nitrogens with zero attached hydrogens (tertiary/aromatic N) is 1. The van der Waals surface area contributed by atoms with Gasteiger partial charge in [0.1, 0.15) is 0 Å². The number of para-hydroxylation sites is 1. The molecule has 3 nitrogen and oxygen atoms in total. The van der Waals surface area contributed by atoms with Crippen LogP contribution in [0, 0.1) is 0 Å². The Balaban J connectivity index is 2.11. The highest BCUT2D eigenvalue weighted by atomic mass is 35.5. The van der Waals surface area contributed by atoms with Gasteiger partial charge in [0.25, 0.3) is 0 Å². The summed E-state index contributed by atoms with van der Waals surface area (Å²) in [6.07, 6.45) is 1.86. The SMILES string of the molecule is O=C(O)c1cccc2ccn(Cc3ccc(Cl)cc3Cl)c12. The zero-order valence-corrected chi connectivity index (χ0v) is 12.4. The number of fused-ring (bicyclic) bond motifs is 1. The average Bonchev–Trinajstić information content (AvgIpc) is 2.85. The van der Waals surface area contributed by atoms with Gasteiger partial charge in [-0.05, 0) is 29.8 Å². The monoisotopic (exact) mass is 319 g/mol. The average molecular weight is 320 g/mol. The van der Waals surface area contributed by atoms with Crippen LogP contribution in [0.5, 0.6) is 0 Å². The number of halogens is 2. The van der Waals surface area contributed by atoms with Crippen LogP contribution in [0.15, 0.2) is 48.7 Å². The van der Waals surface area contributed by atoms with Gasteiger partial charge in [0.2, 0.25) is 0 Å². The summed E-state index contributed by atoms with van der Waals surface area (Å²) in [5.41, 5.74) is 1.86. The first-order valence-electron chi connectivity index (χ1n) is 6.31. The van der Waals surface area contributed by atoms with E-state index in [1.54, 1.807) is 24.3 Å². The molecule has 0 spiro atoms. The summed E-state index contributed by atoms with van der Waals surface area (Å²) in [6.45, 7) is 0.490. The molecule has 0 amide bonds. The van der Waals surface area contributed by atoms with Crippen molar-refractivity contribution in [2.75, 3.05) is 0 Å². The quantitative estimate of drug-likeness (QED) is 0.760. The number of hydrogen-bond acceptors (Lipinski definition) is 1. The van der Waals surface area contributed by atoms with Crippen LogP contribution in [0.4, 0.5) is 0 Å². The molecule has 1 N–H and O–H groups in total. The maximum atomic E-state index is 11.4. The van der Waals surface area contributed by atoms with Crippen molar-refractivity contribution in [1.82, 2.24) is 4.57 Å². The first-order chi connectivity index (χ1) is 10.1. The van der Waals surface area contributed by atoms with Crippen molar-refractivity contribution in [3.8, 4) is 0 Å². The van der Waals surface area contributed by atoms with Gasteiger partial charge in [-0.3, -0.25) is 0 Å². The lowest BCUT2D eigenvalue weighted by molar-refractivity contribution is 0.0698. The van der Waals surface area contributed by atoms with Gasteiger partial charge in [-0.2, -0.15) is 0 Å². The molecule has 0 unspecified atom stereocenters. The van der Waals surface area contributed by atoms with Gasteiger partial charge in [-0.1, -0.05) is 41.4 Å². The predicted molar refractivity (Wildman–Crippen MR) is 84.5 cm³/mol. The fourth-order valence-electron chi connectivity index (χ4n) is 2.40. The number of aromatic nitrogens is 1. The Morgan fingerprint density at radius 1 is 1.14 bits per heavy atom. The summed E-state index contributed by atoms with van der Waals surface area (Å²) in [6, 6.07) is 12.4. The summed E-state index contributed by atoms with van der Waals surface area (Å²) >= 11 is 12.1. The number of carboxylic acid groups (broad SMARTS) is 1. The highest BCUT2D eigenvalue weighted by Gasteiger charge is 2.13. The summed E-state index contributed by atoms with van der Waals surface area (Å²) in [5.74, 6) is -0.942. The molecule has 0 saturated heterocycles. The van der Waals surface area contributed by atoms with Crippen molar-refractivity contribution in [2.45, 2.75) is 6.54 Å². The van der Waals surface area contributed by atoms with Crippen molar-refractivity contribution < 1.29 is 9.90 Å². The first-order valence-corrected chi connectivity index (χ1v) is 7.07. The van der Waals surface area contributed by atoms with E-state index in [1.165, 1.54) is 0 Å². The lowest BCUT2D eigenvalue weighted by Gasteiger charge is -2.09. The van der Waals surface area contributed by atoms with Gasteiger partial charge in [0.05, 0.1) is 11.1 Å². The Morgan fingerprint density at radius 2 is 1.95 bits per heavy atom. The molecule has 0 atom stereocenters. The molecule has 0 radical (unpaired) electrons. The Bertz CT molecular complexity index is 839. The molecule has 0 aliphatic carbocycles. The molecule has 1 aromatic heterocycles. The van der Waals surface area contributed by atoms with Crippen LogP contribution in [-0.4, -0.2) is 15.6 Å². The van der Waals surface area contributed by atoms with E-state index in [9.17, 15) is 9.90 Å². The molecule has 0 aliphatic heterocycles. The Hall–Kier alpha value is -1.97. The second-order valence-electron chi connectivity index (χ2n) is 4.73. The van der Waals surface area contributed by atoms with Gasteiger partial charge in [-0.25, -0.2) is 4.79 Å². The minimum Gasteiger partial charge on any atom is -0.478 e. The molecule has 0 saturated carbocycles. The zero-order chi connectivity index (χ0) is 15.0. The molecular weight excluding hydrogens is 309 g/mol. The Labute approximate surface area is 131 Å². The minimum atomic E-state index is -0.942. The van der Waals surface area contributed by atoms with Crippen LogP contribution in [0.1, 0.15) is 15.9 Å². The largest absolute Gasteiger partial charge is 0.478 e. The van der Waals surface area contributed by atoms with Crippen molar-refractivity contribution in [3.05, 3.63) is 69.8 Å². The van der Waals surface area contributed by atoms with E-state index in [4.69, 9.17) is 23.2 Å². The maximum absolute atomic E-state index is 11.4. The van der Waals surface area contributed by atoms with Crippen LogP contribution < -0.4 is 0 Å². The standard InChI is InChI=1S/C16H11Cl2NO2/c17-12-5-4-11(14(18)8-12)9-19-7-6-10-2-1-3-13(15(10)19)16(20)21/h1-8H,9H2,(H,20,21). The summed E-state index contributed by atoms with van der Waals surface area (Å²) < 4.78 is 1.88. The van der Waals surface area contributed by atoms with Crippen molar-refractivity contribution in [1.29, 1.82) is 0 Å². The normalized spacial score (nSPS) is 11.0. The highest BCUT2D eigenvalue weighted by molar-refractivity contribution is 6.35. The second-order valence-corrected chi connectivity index (χ2v) is 5.57. The number of carbonyl (C=O) groups is 1. The van der Waals surface area contributed by atoms with E-state index in [2.05, 4.69) is 0 Å². The lowest BCUT2D eigenvalue weighted by atomic mass is 10.1. The lowest BCUT2D eigenvalue weighted by Crippen LogP contribution is -2.04. The summed E-state index contributed by atoms with van der Waals surface area (Å²) in [7, 11) is 0. The van der Waals surface area contributed by atoms with E-state index in [0.717, 1.165) is 10.9 Å². The molecule has 0 bridgehead atoms. The van der Waals surface area contributed by atoms with Crippen LogP contribution in [0.2, 0.25) is 10.0 Å². The zero-order valence-electron chi connectivity index (χ0n) is 10.9. The van der Waals surface area contributed by atoms with E-state index >= 15 is 0 Å². The third kappa shape index (κ3) is 2.62. The Morgan fingerprint density at radius 3 is 2.67 bits per heavy atom. The molecule has 1 heterocycles. The van der Waals surface area contributed by atoms with Crippen molar-refractivity contribution in [2.24, 2.45) is 0 Å². The Kier molecular flexibility index (Phi) is 3.62. The van der Waals surface area contributed by atoms with Crippen LogP contribution in [-0.2, 0) is 6.54 Å². The van der Waals surface area contributed by atoms with Crippen LogP contribution in [0.25, 0.3) is 10.9 Å². The van der Waals surface area contributed by atoms with E-state index < -0.39 is 5.97 Å². The van der Waals surface area contributed by atoms with Gasteiger partial charge in [0, 0.05) is 28.2 Å². The fraction of sp³-hybridized carbons (Fsp3) is 0.0625. The van der Waals surface area contributed by atoms with Gasteiger partial charge < -0.3 is 9.67 Å². The second kappa shape index (κ2) is 5.43. The van der Waals surface area contributed by atoms with Crippen LogP contribution in [0.3, 0.4) is 0 Å². The van der Waals surface area contributed by atoms with Gasteiger partial charge in [-0.15, -0.1) is 0 Å². The molecule has 3 aromatic rings. The molecule has 0 aliphatic rings. The van der Waals surface area contributed by atoms with Gasteiger partial charge in [0.15, 0.2) is 0 Å². The predicted octanol–water partition coefficient (Wildman–Crippen LogP) is 4.69. The number of carboxylic acids is 1. The number of rotatable bonds is 3. The smallest absolute Gasteiger partial charge is 0.337 e. The molecule has 2 aromatic carbocycles.